The zero-order valence-electron chi connectivity index (χ0n) is 24.3. The van der Waals surface area contributed by atoms with E-state index in [-0.39, 0.29) is 0 Å². The molecule has 0 fully saturated rings. The minimum Gasteiger partial charge on any atom is -0.456 e. The second-order valence-corrected chi connectivity index (χ2v) is 11.4. The minimum absolute atomic E-state index is 0.568. The molecule has 0 aliphatic carbocycles. The maximum Gasteiger partial charge on any atom is 0.159 e. The number of rotatable bonds is 5. The highest BCUT2D eigenvalue weighted by Crippen LogP contribution is 2.44. The quantitative estimate of drug-likeness (QED) is 0.116. The van der Waals surface area contributed by atoms with Crippen LogP contribution in [0.25, 0.3) is 71.1 Å². The van der Waals surface area contributed by atoms with Gasteiger partial charge in [-0.1, -0.05) is 103 Å². The highest BCUT2D eigenvalue weighted by atomic mass is 16.3. The lowest BCUT2D eigenvalue weighted by molar-refractivity contribution is 0.668. The van der Waals surface area contributed by atoms with Crippen molar-refractivity contribution in [3.8, 4) is 0 Å². The van der Waals surface area contributed by atoms with Gasteiger partial charge >= 0.3 is 0 Å². The summed E-state index contributed by atoms with van der Waals surface area (Å²) in [6, 6.07) is 43.7. The first kappa shape index (κ1) is 25.5. The van der Waals surface area contributed by atoms with E-state index in [0.29, 0.717) is 12.3 Å². The number of aliphatic imine (C=N–C) groups is 2. The largest absolute Gasteiger partial charge is 0.456 e. The Labute approximate surface area is 258 Å². The number of benzene rings is 7. The molecule has 9 aromatic rings. The molecular formula is C41H26N2O2. The number of furan rings is 2. The van der Waals surface area contributed by atoms with Crippen LogP contribution in [0.2, 0.25) is 0 Å². The summed E-state index contributed by atoms with van der Waals surface area (Å²) in [5.74, 6) is 0.568. The maximum atomic E-state index is 6.34. The van der Waals surface area contributed by atoms with Crippen LogP contribution in [0.1, 0.15) is 16.7 Å². The Kier molecular flexibility index (Phi) is 5.69. The summed E-state index contributed by atoms with van der Waals surface area (Å²) in [4.78, 5) is 9.75. The van der Waals surface area contributed by atoms with E-state index in [1.807, 2.05) is 48.5 Å². The Morgan fingerprint density at radius 3 is 2.09 bits per heavy atom. The number of allylic oxidation sites excluding steroid dienone is 1. The lowest BCUT2D eigenvalue weighted by Gasteiger charge is -2.13. The van der Waals surface area contributed by atoms with Crippen molar-refractivity contribution < 1.29 is 8.83 Å². The first-order valence-corrected chi connectivity index (χ1v) is 15.1. The van der Waals surface area contributed by atoms with Gasteiger partial charge in [-0.15, -0.1) is 0 Å². The first-order valence-electron chi connectivity index (χ1n) is 15.1. The molecule has 0 aliphatic heterocycles. The number of hydrogen-bond donors (Lipinski definition) is 0. The summed E-state index contributed by atoms with van der Waals surface area (Å²) < 4.78 is 12.5. The van der Waals surface area contributed by atoms with E-state index in [2.05, 4.69) is 96.6 Å². The van der Waals surface area contributed by atoms with Gasteiger partial charge < -0.3 is 8.83 Å². The van der Waals surface area contributed by atoms with Crippen LogP contribution >= 0.6 is 0 Å². The lowest BCUT2D eigenvalue weighted by Crippen LogP contribution is -2.00. The third-order valence-electron chi connectivity index (χ3n) is 8.81. The monoisotopic (exact) mass is 578 g/mol. The SMILES string of the molecule is C=NC(=N/C(=C\Cc1ccc2c(c1)oc1ccccc12)c1ccccc1)c1ccc2oc3cccc4c5ccccc5c1c2c34. The van der Waals surface area contributed by atoms with Crippen molar-refractivity contribution in [2.24, 2.45) is 9.98 Å². The fraction of sp³-hybridized carbons (Fsp3) is 0.0244. The van der Waals surface area contributed by atoms with Gasteiger partial charge in [0.2, 0.25) is 0 Å². The number of para-hydroxylation sites is 1. The molecule has 0 spiro atoms. The summed E-state index contributed by atoms with van der Waals surface area (Å²) in [6.45, 7) is 3.99. The molecule has 7 aromatic carbocycles. The average molecular weight is 579 g/mol. The summed E-state index contributed by atoms with van der Waals surface area (Å²) in [7, 11) is 0. The van der Waals surface area contributed by atoms with Crippen molar-refractivity contribution in [2.45, 2.75) is 6.42 Å². The van der Waals surface area contributed by atoms with Gasteiger partial charge in [0.1, 0.15) is 22.3 Å². The van der Waals surface area contributed by atoms with E-state index in [1.165, 1.54) is 10.8 Å². The van der Waals surface area contributed by atoms with Gasteiger partial charge in [0.15, 0.2) is 5.84 Å². The molecule has 4 heteroatoms. The van der Waals surface area contributed by atoms with Crippen LogP contribution in [0.4, 0.5) is 0 Å². The van der Waals surface area contributed by atoms with E-state index >= 15 is 0 Å². The van der Waals surface area contributed by atoms with Crippen molar-refractivity contribution in [2.75, 3.05) is 0 Å². The van der Waals surface area contributed by atoms with Crippen LogP contribution in [0.15, 0.2) is 152 Å². The van der Waals surface area contributed by atoms with Gasteiger partial charge in [0.05, 0.1) is 5.70 Å². The fourth-order valence-corrected chi connectivity index (χ4v) is 6.78. The molecule has 0 bridgehead atoms. The molecule has 9 rings (SSSR count). The van der Waals surface area contributed by atoms with Crippen LogP contribution in [-0.2, 0) is 6.42 Å². The maximum absolute atomic E-state index is 6.34. The summed E-state index contributed by atoms with van der Waals surface area (Å²) in [5.41, 5.74) is 7.43. The molecule has 4 nitrogen and oxygen atoms in total. The molecule has 0 unspecified atom stereocenters. The Balaban J connectivity index is 1.22. The summed E-state index contributed by atoms with van der Waals surface area (Å²) in [6.07, 6.45) is 2.84. The molecule has 0 atom stereocenters. The lowest BCUT2D eigenvalue weighted by atomic mass is 9.91. The van der Waals surface area contributed by atoms with Gasteiger partial charge in [-0.2, -0.15) is 0 Å². The predicted octanol–water partition coefficient (Wildman–Crippen LogP) is 11.0. The van der Waals surface area contributed by atoms with Crippen molar-refractivity contribution >= 4 is 83.7 Å². The third kappa shape index (κ3) is 4.00. The second-order valence-electron chi connectivity index (χ2n) is 11.4. The van der Waals surface area contributed by atoms with Crippen LogP contribution in [0, 0.1) is 0 Å². The van der Waals surface area contributed by atoms with E-state index in [0.717, 1.165) is 77.0 Å². The van der Waals surface area contributed by atoms with Gasteiger partial charge in [0.25, 0.3) is 0 Å². The molecular weight excluding hydrogens is 552 g/mol. The van der Waals surface area contributed by atoms with Crippen molar-refractivity contribution in [1.82, 2.24) is 0 Å². The highest BCUT2D eigenvalue weighted by molar-refractivity contribution is 6.36. The smallest absolute Gasteiger partial charge is 0.159 e. The molecule has 0 radical (unpaired) electrons. The molecule has 212 valence electrons. The predicted molar refractivity (Wildman–Crippen MR) is 188 cm³/mol. The Morgan fingerprint density at radius 1 is 0.556 bits per heavy atom. The molecule has 0 amide bonds. The standard InChI is InChI=1S/C41H26N2O2/c1-42-41(32-21-23-36-40-38(32)30-14-6-5-12-27(30)31-15-9-17-35(45-36)39(31)40)43-33(26-10-3-2-4-11-26)22-19-25-18-20-29-28-13-7-8-16-34(28)44-37(29)24-25/h2-18,20-24H,1,19H2/b33-22-,43-41?. The second kappa shape index (κ2) is 10.0. The normalized spacial score (nSPS) is 12.9. The minimum atomic E-state index is 0.568. The van der Waals surface area contributed by atoms with Gasteiger partial charge in [-0.05, 0) is 70.8 Å². The average Bonchev–Trinajstić information content (AvgIpc) is 3.67. The van der Waals surface area contributed by atoms with Gasteiger partial charge in [0, 0.05) is 32.5 Å². The van der Waals surface area contributed by atoms with Crippen LogP contribution in [0.5, 0.6) is 0 Å². The van der Waals surface area contributed by atoms with E-state index in [4.69, 9.17) is 13.8 Å². The number of hydrogen-bond acceptors (Lipinski definition) is 3. The van der Waals surface area contributed by atoms with E-state index in [1.54, 1.807) is 0 Å². The summed E-state index contributed by atoms with van der Waals surface area (Å²) in [5, 5.41) is 9.05. The molecule has 45 heavy (non-hydrogen) atoms. The molecule has 2 heterocycles. The van der Waals surface area contributed by atoms with Crippen LogP contribution < -0.4 is 0 Å². The zero-order valence-corrected chi connectivity index (χ0v) is 24.3. The fourth-order valence-electron chi connectivity index (χ4n) is 6.78. The molecule has 0 saturated carbocycles. The molecule has 0 aliphatic rings. The highest BCUT2D eigenvalue weighted by Gasteiger charge is 2.21. The number of nitrogens with zero attached hydrogens (tertiary/aromatic N) is 2. The number of amidine groups is 1. The van der Waals surface area contributed by atoms with Crippen LogP contribution in [-0.4, -0.2) is 12.6 Å². The molecule has 2 aromatic heterocycles. The Hall–Kier alpha value is -6.00. The first-order chi connectivity index (χ1) is 22.3. The third-order valence-corrected chi connectivity index (χ3v) is 8.81. The zero-order chi connectivity index (χ0) is 29.9. The van der Waals surface area contributed by atoms with Crippen molar-refractivity contribution in [3.05, 3.63) is 150 Å². The summed E-state index contributed by atoms with van der Waals surface area (Å²) >= 11 is 0. The Bertz CT molecular complexity index is 2640. The van der Waals surface area contributed by atoms with Crippen molar-refractivity contribution in [1.29, 1.82) is 0 Å². The topological polar surface area (TPSA) is 51.0 Å². The van der Waals surface area contributed by atoms with E-state index in [9.17, 15) is 0 Å². The van der Waals surface area contributed by atoms with Crippen molar-refractivity contribution in [3.63, 3.8) is 0 Å². The Morgan fingerprint density at radius 2 is 1.22 bits per heavy atom. The number of fused-ring (bicyclic) bond motifs is 6. The van der Waals surface area contributed by atoms with E-state index < -0.39 is 0 Å². The molecule has 0 saturated heterocycles. The van der Waals surface area contributed by atoms with Gasteiger partial charge in [-0.25, -0.2) is 9.98 Å². The molecule has 0 N–H and O–H groups in total. The van der Waals surface area contributed by atoms with Gasteiger partial charge in [-0.3, -0.25) is 0 Å². The van der Waals surface area contributed by atoms with Crippen LogP contribution in [0.3, 0.4) is 0 Å².